The van der Waals surface area contributed by atoms with Crippen molar-refractivity contribution in [1.29, 1.82) is 0 Å². The zero-order chi connectivity index (χ0) is 12.3. The predicted octanol–water partition coefficient (Wildman–Crippen LogP) is 1.80. The third-order valence-corrected chi connectivity index (χ3v) is 2.61. The number of benzene rings is 1. The van der Waals surface area contributed by atoms with Crippen molar-refractivity contribution in [3.8, 4) is 0 Å². The molecule has 0 aliphatic carbocycles. The highest BCUT2D eigenvalue weighted by molar-refractivity contribution is 5.20. The van der Waals surface area contributed by atoms with Crippen molar-refractivity contribution in [3.63, 3.8) is 0 Å². The van der Waals surface area contributed by atoms with Crippen LogP contribution in [0.2, 0.25) is 0 Å². The third-order valence-electron chi connectivity index (χ3n) is 2.61. The van der Waals surface area contributed by atoms with Crippen molar-refractivity contribution in [2.24, 2.45) is 7.05 Å². The summed E-state index contributed by atoms with van der Waals surface area (Å²) < 4.78 is 15.1. The van der Waals surface area contributed by atoms with Crippen molar-refractivity contribution < 1.29 is 4.39 Å². The maximum absolute atomic E-state index is 13.5. The fourth-order valence-electron chi connectivity index (χ4n) is 1.67. The summed E-state index contributed by atoms with van der Waals surface area (Å²) in [7, 11) is 1.82. The van der Waals surface area contributed by atoms with Crippen LogP contribution < -0.4 is 5.32 Å². The second-order valence-corrected chi connectivity index (χ2v) is 4.01. The van der Waals surface area contributed by atoms with E-state index in [1.807, 2.05) is 26.2 Å². The lowest BCUT2D eigenvalue weighted by Crippen LogP contribution is -2.19. The molecule has 0 fully saturated rings. The fraction of sp³-hybridized carbons (Fsp3) is 0.333. The van der Waals surface area contributed by atoms with Gasteiger partial charge in [-0.1, -0.05) is 23.4 Å². The molecule has 0 saturated heterocycles. The Balaban J connectivity index is 1.98. The first-order valence-corrected chi connectivity index (χ1v) is 5.50. The molecule has 2 rings (SSSR count). The van der Waals surface area contributed by atoms with Gasteiger partial charge in [-0.05, 0) is 13.0 Å². The summed E-state index contributed by atoms with van der Waals surface area (Å²) in [5, 5.41) is 11.0. The van der Waals surface area contributed by atoms with Gasteiger partial charge in [-0.2, -0.15) is 0 Å². The standard InChI is InChI=1S/C12H15FN4/c1-9(11-5-3-4-6-12(11)13)14-7-10-8-17(2)16-15-10/h3-6,8-9,14H,7H2,1-2H3/t9-/m1/s1. The zero-order valence-corrected chi connectivity index (χ0v) is 9.89. The van der Waals surface area contributed by atoms with Crippen LogP contribution in [0.4, 0.5) is 4.39 Å². The molecule has 0 unspecified atom stereocenters. The molecule has 90 valence electrons. The number of rotatable bonds is 4. The van der Waals surface area contributed by atoms with Gasteiger partial charge in [-0.15, -0.1) is 5.10 Å². The highest BCUT2D eigenvalue weighted by Gasteiger charge is 2.10. The lowest BCUT2D eigenvalue weighted by atomic mass is 10.1. The van der Waals surface area contributed by atoms with Gasteiger partial charge < -0.3 is 5.32 Å². The van der Waals surface area contributed by atoms with Crippen LogP contribution in [0.5, 0.6) is 0 Å². The van der Waals surface area contributed by atoms with Gasteiger partial charge >= 0.3 is 0 Å². The Kier molecular flexibility index (Phi) is 3.49. The Morgan fingerprint density at radius 2 is 2.18 bits per heavy atom. The highest BCUT2D eigenvalue weighted by atomic mass is 19.1. The first-order valence-electron chi connectivity index (χ1n) is 5.50. The van der Waals surface area contributed by atoms with E-state index in [1.165, 1.54) is 6.07 Å². The molecule has 5 heteroatoms. The largest absolute Gasteiger partial charge is 0.304 e. The van der Waals surface area contributed by atoms with E-state index in [9.17, 15) is 4.39 Å². The Morgan fingerprint density at radius 1 is 1.41 bits per heavy atom. The van der Waals surface area contributed by atoms with Gasteiger partial charge in [0.05, 0.1) is 5.69 Å². The second kappa shape index (κ2) is 5.05. The van der Waals surface area contributed by atoms with Crippen molar-refractivity contribution in [2.75, 3.05) is 0 Å². The average molecular weight is 234 g/mol. The highest BCUT2D eigenvalue weighted by Crippen LogP contribution is 2.16. The van der Waals surface area contributed by atoms with Crippen LogP contribution in [0.25, 0.3) is 0 Å². The van der Waals surface area contributed by atoms with Gasteiger partial charge in [-0.25, -0.2) is 4.39 Å². The molecule has 0 aliphatic rings. The minimum atomic E-state index is -0.188. The van der Waals surface area contributed by atoms with Crippen molar-refractivity contribution in [2.45, 2.75) is 19.5 Å². The van der Waals surface area contributed by atoms with Crippen LogP contribution in [0.3, 0.4) is 0 Å². The van der Waals surface area contributed by atoms with E-state index in [-0.39, 0.29) is 11.9 Å². The first kappa shape index (κ1) is 11.7. The maximum Gasteiger partial charge on any atom is 0.127 e. The van der Waals surface area contributed by atoms with Crippen molar-refractivity contribution >= 4 is 0 Å². The quantitative estimate of drug-likeness (QED) is 0.877. The predicted molar refractivity (Wildman–Crippen MR) is 62.7 cm³/mol. The Morgan fingerprint density at radius 3 is 2.82 bits per heavy atom. The van der Waals surface area contributed by atoms with Gasteiger partial charge in [0.2, 0.25) is 0 Å². The van der Waals surface area contributed by atoms with E-state index in [1.54, 1.807) is 16.8 Å². The smallest absolute Gasteiger partial charge is 0.127 e. The number of aromatic nitrogens is 3. The lowest BCUT2D eigenvalue weighted by molar-refractivity contribution is 0.524. The zero-order valence-electron chi connectivity index (χ0n) is 9.89. The molecule has 1 heterocycles. The van der Waals surface area contributed by atoms with E-state index in [0.29, 0.717) is 12.1 Å². The molecule has 1 atom stereocenters. The Bertz CT molecular complexity index is 495. The van der Waals surface area contributed by atoms with Crippen LogP contribution in [0, 0.1) is 5.82 Å². The monoisotopic (exact) mass is 234 g/mol. The number of hydrogen-bond acceptors (Lipinski definition) is 3. The molecule has 1 aromatic carbocycles. The summed E-state index contributed by atoms with van der Waals surface area (Å²) in [6.07, 6.45) is 1.83. The molecule has 0 radical (unpaired) electrons. The Labute approximate surface area is 99.5 Å². The molecule has 4 nitrogen and oxygen atoms in total. The molecule has 0 spiro atoms. The van der Waals surface area contributed by atoms with Gasteiger partial charge in [0.1, 0.15) is 5.82 Å². The van der Waals surface area contributed by atoms with E-state index in [2.05, 4.69) is 15.6 Å². The summed E-state index contributed by atoms with van der Waals surface area (Å²) in [5.41, 5.74) is 1.51. The average Bonchev–Trinajstić information content (AvgIpc) is 2.73. The number of aryl methyl sites for hydroxylation is 1. The number of hydrogen-bond donors (Lipinski definition) is 1. The molecule has 2 aromatic rings. The normalized spacial score (nSPS) is 12.6. The summed E-state index contributed by atoms with van der Waals surface area (Å²) >= 11 is 0. The lowest BCUT2D eigenvalue weighted by Gasteiger charge is -2.13. The van der Waals surface area contributed by atoms with Crippen molar-refractivity contribution in [1.82, 2.24) is 20.3 Å². The van der Waals surface area contributed by atoms with E-state index in [0.717, 1.165) is 5.69 Å². The van der Waals surface area contributed by atoms with E-state index < -0.39 is 0 Å². The molecule has 0 amide bonds. The molecule has 0 bridgehead atoms. The molecule has 1 N–H and O–H groups in total. The van der Waals surface area contributed by atoms with E-state index >= 15 is 0 Å². The minimum absolute atomic E-state index is 0.0572. The summed E-state index contributed by atoms with van der Waals surface area (Å²) in [5.74, 6) is -0.188. The molecular formula is C12H15FN4. The molecule has 0 aliphatic heterocycles. The molecule has 1 aromatic heterocycles. The third kappa shape index (κ3) is 2.88. The van der Waals surface area contributed by atoms with Gasteiger partial charge in [-0.3, -0.25) is 4.68 Å². The summed E-state index contributed by atoms with van der Waals surface area (Å²) in [6, 6.07) is 6.71. The van der Waals surface area contributed by atoms with Gasteiger partial charge in [0.25, 0.3) is 0 Å². The number of nitrogens with zero attached hydrogens (tertiary/aromatic N) is 3. The maximum atomic E-state index is 13.5. The SMILES string of the molecule is C[C@@H](NCc1cn(C)nn1)c1ccccc1F. The second-order valence-electron chi connectivity index (χ2n) is 4.01. The topological polar surface area (TPSA) is 42.7 Å². The van der Waals surface area contributed by atoms with Crippen molar-refractivity contribution in [3.05, 3.63) is 47.5 Å². The molecule has 0 saturated carbocycles. The minimum Gasteiger partial charge on any atom is -0.304 e. The summed E-state index contributed by atoms with van der Waals surface area (Å²) in [6.45, 7) is 2.50. The van der Waals surface area contributed by atoms with Crippen LogP contribution in [-0.2, 0) is 13.6 Å². The fourth-order valence-corrected chi connectivity index (χ4v) is 1.67. The van der Waals surface area contributed by atoms with Crippen LogP contribution in [0.1, 0.15) is 24.2 Å². The van der Waals surface area contributed by atoms with Gasteiger partial charge in [0, 0.05) is 31.4 Å². The van der Waals surface area contributed by atoms with Crippen LogP contribution in [-0.4, -0.2) is 15.0 Å². The van der Waals surface area contributed by atoms with E-state index in [4.69, 9.17) is 0 Å². The molecule has 17 heavy (non-hydrogen) atoms. The van der Waals surface area contributed by atoms with Gasteiger partial charge in [0.15, 0.2) is 0 Å². The summed E-state index contributed by atoms with van der Waals surface area (Å²) in [4.78, 5) is 0. The number of halogens is 1. The Hall–Kier alpha value is -1.75. The first-order chi connectivity index (χ1) is 8.16. The number of nitrogens with one attached hydrogen (secondary N) is 1. The van der Waals surface area contributed by atoms with Crippen LogP contribution >= 0.6 is 0 Å². The van der Waals surface area contributed by atoms with Crippen LogP contribution in [0.15, 0.2) is 30.5 Å². The molecular weight excluding hydrogens is 219 g/mol.